The van der Waals surface area contributed by atoms with Crippen LogP contribution < -0.4 is 10.5 Å². The first-order valence-electron chi connectivity index (χ1n) is 8.18. The predicted molar refractivity (Wildman–Crippen MR) is 102 cm³/mol. The summed E-state index contributed by atoms with van der Waals surface area (Å²) in [6, 6.07) is 18.4. The summed E-state index contributed by atoms with van der Waals surface area (Å²) >= 11 is 0. The molecule has 122 valence electrons. The Bertz CT molecular complexity index is 896. The second-order valence-electron chi connectivity index (χ2n) is 6.29. The van der Waals surface area contributed by atoms with Gasteiger partial charge in [0.2, 0.25) is 0 Å². The molecule has 3 rings (SSSR count). The van der Waals surface area contributed by atoms with Gasteiger partial charge in [-0.25, -0.2) is 0 Å². The topological polar surface area (TPSA) is 35.2 Å². The molecule has 3 aromatic carbocycles. The summed E-state index contributed by atoms with van der Waals surface area (Å²) in [4.78, 5) is 0. The molecule has 0 radical (unpaired) electrons. The zero-order chi connectivity index (χ0) is 17.3. The summed E-state index contributed by atoms with van der Waals surface area (Å²) in [5.74, 6) is 1.59. The molecule has 0 aliphatic carbocycles. The Balaban J connectivity index is 2.17. The van der Waals surface area contributed by atoms with E-state index in [0.29, 0.717) is 5.69 Å². The molecule has 2 heteroatoms. The van der Waals surface area contributed by atoms with Crippen molar-refractivity contribution in [2.45, 2.75) is 27.7 Å². The van der Waals surface area contributed by atoms with Gasteiger partial charge in [0.1, 0.15) is 5.75 Å². The highest BCUT2D eigenvalue weighted by Crippen LogP contribution is 2.41. The number of benzene rings is 3. The van der Waals surface area contributed by atoms with Gasteiger partial charge in [-0.1, -0.05) is 42.5 Å². The van der Waals surface area contributed by atoms with Gasteiger partial charge in [-0.2, -0.15) is 0 Å². The van der Waals surface area contributed by atoms with Gasteiger partial charge in [0, 0.05) is 5.56 Å². The number of nitrogens with two attached hydrogens (primary N) is 1. The molecule has 0 fully saturated rings. The summed E-state index contributed by atoms with van der Waals surface area (Å²) in [5.41, 5.74) is 13.9. The maximum atomic E-state index is 6.53. The molecule has 2 N–H and O–H groups in total. The fourth-order valence-corrected chi connectivity index (χ4v) is 2.92. The zero-order valence-corrected chi connectivity index (χ0v) is 14.7. The number of ether oxygens (including phenoxy) is 1. The van der Waals surface area contributed by atoms with E-state index in [1.165, 1.54) is 11.1 Å². The molecular formula is C22H23NO. The van der Waals surface area contributed by atoms with Crippen molar-refractivity contribution < 1.29 is 4.74 Å². The van der Waals surface area contributed by atoms with Gasteiger partial charge in [-0.05, 0) is 67.6 Å². The predicted octanol–water partition coefficient (Wildman–Crippen LogP) is 5.96. The summed E-state index contributed by atoms with van der Waals surface area (Å²) < 4.78 is 6.23. The van der Waals surface area contributed by atoms with Gasteiger partial charge in [0.15, 0.2) is 5.75 Å². The molecule has 0 bridgehead atoms. The van der Waals surface area contributed by atoms with E-state index >= 15 is 0 Å². The molecule has 0 spiro atoms. The van der Waals surface area contributed by atoms with Crippen molar-refractivity contribution in [3.05, 3.63) is 76.9 Å². The number of aryl methyl sites for hydroxylation is 3. The summed E-state index contributed by atoms with van der Waals surface area (Å²) in [6.07, 6.45) is 0. The number of anilines is 1. The van der Waals surface area contributed by atoms with Gasteiger partial charge in [-0.3, -0.25) is 0 Å². The molecule has 0 heterocycles. The third-order valence-corrected chi connectivity index (χ3v) is 4.57. The highest BCUT2D eigenvalue weighted by Gasteiger charge is 2.16. The van der Waals surface area contributed by atoms with Crippen LogP contribution in [0.25, 0.3) is 11.1 Å². The third kappa shape index (κ3) is 2.88. The number of nitrogen functional groups attached to an aromatic ring is 1. The van der Waals surface area contributed by atoms with Gasteiger partial charge in [-0.15, -0.1) is 0 Å². The largest absolute Gasteiger partial charge is 0.455 e. The molecule has 0 amide bonds. The summed E-state index contributed by atoms with van der Waals surface area (Å²) in [7, 11) is 0. The Hall–Kier alpha value is -2.74. The first-order chi connectivity index (χ1) is 11.5. The standard InChI is InChI=1S/C22H23NO/c1-14-9-5-7-11-18(14)19-13-16(3)17(4)22(21(19)23)24-20-12-8-6-10-15(20)2/h5-13H,23H2,1-4H3. The van der Waals surface area contributed by atoms with Crippen molar-refractivity contribution in [3.8, 4) is 22.6 Å². The SMILES string of the molecule is Cc1ccccc1Oc1c(C)c(C)cc(-c2ccccc2C)c1N. The Kier molecular flexibility index (Phi) is 4.30. The summed E-state index contributed by atoms with van der Waals surface area (Å²) in [6.45, 7) is 8.30. The van der Waals surface area contributed by atoms with Crippen LogP contribution >= 0.6 is 0 Å². The fraction of sp³-hybridized carbons (Fsp3) is 0.182. The highest BCUT2D eigenvalue weighted by molar-refractivity contribution is 5.84. The lowest BCUT2D eigenvalue weighted by molar-refractivity contribution is 0.477. The highest BCUT2D eigenvalue weighted by atomic mass is 16.5. The van der Waals surface area contributed by atoms with Crippen LogP contribution in [0, 0.1) is 27.7 Å². The van der Waals surface area contributed by atoms with E-state index in [2.05, 4.69) is 39.0 Å². The number of hydrogen-bond acceptors (Lipinski definition) is 2. The summed E-state index contributed by atoms with van der Waals surface area (Å²) in [5, 5.41) is 0. The van der Waals surface area contributed by atoms with Crippen molar-refractivity contribution in [1.82, 2.24) is 0 Å². The van der Waals surface area contributed by atoms with Crippen LogP contribution in [0.5, 0.6) is 11.5 Å². The van der Waals surface area contributed by atoms with Crippen molar-refractivity contribution in [1.29, 1.82) is 0 Å². The average molecular weight is 317 g/mol. The van der Waals surface area contributed by atoms with Crippen molar-refractivity contribution >= 4 is 5.69 Å². The Morgan fingerprint density at radius 3 is 2.00 bits per heavy atom. The molecule has 0 aliphatic rings. The second-order valence-corrected chi connectivity index (χ2v) is 6.29. The van der Waals surface area contributed by atoms with Crippen LogP contribution in [-0.2, 0) is 0 Å². The minimum absolute atomic E-state index is 0.690. The molecule has 0 saturated heterocycles. The van der Waals surface area contributed by atoms with E-state index in [1.807, 2.05) is 43.3 Å². The van der Waals surface area contributed by atoms with Crippen LogP contribution in [0.3, 0.4) is 0 Å². The van der Waals surface area contributed by atoms with E-state index in [0.717, 1.165) is 33.8 Å². The van der Waals surface area contributed by atoms with Crippen molar-refractivity contribution in [2.24, 2.45) is 0 Å². The smallest absolute Gasteiger partial charge is 0.154 e. The lowest BCUT2D eigenvalue weighted by Gasteiger charge is -2.19. The minimum atomic E-state index is 0.690. The lowest BCUT2D eigenvalue weighted by atomic mass is 9.94. The molecule has 2 nitrogen and oxygen atoms in total. The van der Waals surface area contributed by atoms with E-state index in [1.54, 1.807) is 0 Å². The van der Waals surface area contributed by atoms with Crippen LogP contribution in [0.1, 0.15) is 22.3 Å². The molecule has 0 saturated carbocycles. The maximum Gasteiger partial charge on any atom is 0.154 e. The van der Waals surface area contributed by atoms with E-state index in [9.17, 15) is 0 Å². The molecular weight excluding hydrogens is 294 g/mol. The monoisotopic (exact) mass is 317 g/mol. The normalized spacial score (nSPS) is 10.7. The molecule has 0 atom stereocenters. The van der Waals surface area contributed by atoms with E-state index < -0.39 is 0 Å². The van der Waals surface area contributed by atoms with Crippen LogP contribution in [-0.4, -0.2) is 0 Å². The van der Waals surface area contributed by atoms with Gasteiger partial charge in [0.05, 0.1) is 5.69 Å². The van der Waals surface area contributed by atoms with E-state index in [4.69, 9.17) is 10.5 Å². The molecule has 24 heavy (non-hydrogen) atoms. The van der Waals surface area contributed by atoms with E-state index in [-0.39, 0.29) is 0 Å². The van der Waals surface area contributed by atoms with Crippen LogP contribution in [0.4, 0.5) is 5.69 Å². The fourth-order valence-electron chi connectivity index (χ4n) is 2.92. The van der Waals surface area contributed by atoms with Crippen molar-refractivity contribution in [3.63, 3.8) is 0 Å². The zero-order valence-electron chi connectivity index (χ0n) is 14.7. The Labute approximate surface area is 143 Å². The van der Waals surface area contributed by atoms with Crippen LogP contribution in [0.15, 0.2) is 54.6 Å². The third-order valence-electron chi connectivity index (χ3n) is 4.57. The van der Waals surface area contributed by atoms with Crippen molar-refractivity contribution in [2.75, 3.05) is 5.73 Å². The quantitative estimate of drug-likeness (QED) is 0.605. The first-order valence-corrected chi connectivity index (χ1v) is 8.18. The first kappa shape index (κ1) is 16.1. The Morgan fingerprint density at radius 1 is 0.708 bits per heavy atom. The maximum absolute atomic E-state index is 6.53. The lowest BCUT2D eigenvalue weighted by Crippen LogP contribution is -2.01. The second kappa shape index (κ2) is 6.40. The number of para-hydroxylation sites is 1. The molecule has 0 unspecified atom stereocenters. The molecule has 0 aliphatic heterocycles. The van der Waals surface area contributed by atoms with Gasteiger partial charge in [0.25, 0.3) is 0 Å². The molecule has 0 aromatic heterocycles. The minimum Gasteiger partial charge on any atom is -0.455 e. The molecule has 3 aromatic rings. The number of rotatable bonds is 3. The van der Waals surface area contributed by atoms with Gasteiger partial charge < -0.3 is 10.5 Å². The number of hydrogen-bond donors (Lipinski definition) is 1. The average Bonchev–Trinajstić information content (AvgIpc) is 2.57. The van der Waals surface area contributed by atoms with Gasteiger partial charge >= 0.3 is 0 Å². The van der Waals surface area contributed by atoms with Crippen LogP contribution in [0.2, 0.25) is 0 Å². The Morgan fingerprint density at radius 2 is 1.33 bits per heavy atom.